The molecule has 0 saturated carbocycles. The van der Waals surface area contributed by atoms with Crippen LogP contribution in [0, 0.1) is 5.92 Å². The molecule has 3 heteroatoms. The van der Waals surface area contributed by atoms with Crippen LogP contribution in [0.25, 0.3) is 0 Å². The first kappa shape index (κ1) is 15.2. The predicted octanol–water partition coefficient (Wildman–Crippen LogP) is 3.76. The van der Waals surface area contributed by atoms with Crippen LogP contribution in [0.2, 0.25) is 0 Å². The number of ether oxygens (including phenoxy) is 2. The highest BCUT2D eigenvalue weighted by Crippen LogP contribution is 2.33. The largest absolute Gasteiger partial charge is 0.490 e. The normalized spacial score (nSPS) is 16.0. The zero-order valence-electron chi connectivity index (χ0n) is 12.9. The van der Waals surface area contributed by atoms with E-state index in [2.05, 4.69) is 32.2 Å². The lowest BCUT2D eigenvalue weighted by Gasteiger charge is -2.23. The van der Waals surface area contributed by atoms with Gasteiger partial charge in [0.05, 0.1) is 13.2 Å². The number of hydrogen-bond acceptors (Lipinski definition) is 3. The lowest BCUT2D eigenvalue weighted by molar-refractivity contribution is 0.295. The van der Waals surface area contributed by atoms with Crippen LogP contribution in [0.1, 0.15) is 45.6 Å². The second kappa shape index (κ2) is 7.53. The van der Waals surface area contributed by atoms with Crippen molar-refractivity contribution in [2.24, 2.45) is 5.92 Å². The Bertz CT molecular complexity index is 415. The molecule has 1 unspecified atom stereocenters. The molecule has 2 rings (SSSR count). The number of nitrogens with one attached hydrogen (secondary N) is 1. The Hall–Kier alpha value is -1.22. The second-order valence-corrected chi connectivity index (χ2v) is 5.54. The lowest BCUT2D eigenvalue weighted by atomic mass is 9.95. The maximum atomic E-state index is 5.86. The summed E-state index contributed by atoms with van der Waals surface area (Å²) in [4.78, 5) is 0. The number of rotatable bonds is 6. The van der Waals surface area contributed by atoms with Gasteiger partial charge < -0.3 is 14.8 Å². The average molecular weight is 277 g/mol. The van der Waals surface area contributed by atoms with Gasteiger partial charge in [-0.1, -0.05) is 38.8 Å². The highest BCUT2D eigenvalue weighted by atomic mass is 16.5. The number of fused-ring (bicyclic) bond motifs is 1. The van der Waals surface area contributed by atoms with Crippen molar-refractivity contribution >= 4 is 0 Å². The molecule has 0 bridgehead atoms. The van der Waals surface area contributed by atoms with E-state index in [1.807, 2.05) is 12.1 Å². The van der Waals surface area contributed by atoms with Crippen LogP contribution in [0.4, 0.5) is 0 Å². The van der Waals surface area contributed by atoms with E-state index in [0.29, 0.717) is 6.04 Å². The molecule has 1 aliphatic heterocycles. The molecule has 1 atom stereocenters. The summed E-state index contributed by atoms with van der Waals surface area (Å²) in [5, 5.41) is 3.64. The van der Waals surface area contributed by atoms with Crippen molar-refractivity contribution in [3.05, 3.63) is 23.8 Å². The first-order valence-corrected chi connectivity index (χ1v) is 7.87. The van der Waals surface area contributed by atoms with Gasteiger partial charge in [0.2, 0.25) is 0 Å². The summed E-state index contributed by atoms with van der Waals surface area (Å²) in [6.45, 7) is 9.12. The summed E-state index contributed by atoms with van der Waals surface area (Å²) in [6.07, 6.45) is 3.39. The first-order valence-electron chi connectivity index (χ1n) is 7.87. The first-order chi connectivity index (χ1) is 9.76. The fourth-order valence-electron chi connectivity index (χ4n) is 2.83. The van der Waals surface area contributed by atoms with E-state index in [9.17, 15) is 0 Å². The molecular weight excluding hydrogens is 250 g/mol. The molecule has 1 N–H and O–H groups in total. The van der Waals surface area contributed by atoms with Gasteiger partial charge in [0.15, 0.2) is 11.5 Å². The second-order valence-electron chi connectivity index (χ2n) is 5.54. The molecule has 1 aliphatic rings. The van der Waals surface area contributed by atoms with Gasteiger partial charge in [-0.2, -0.15) is 0 Å². The van der Waals surface area contributed by atoms with Gasteiger partial charge >= 0.3 is 0 Å². The van der Waals surface area contributed by atoms with Gasteiger partial charge in [-0.15, -0.1) is 0 Å². The van der Waals surface area contributed by atoms with Crippen molar-refractivity contribution in [2.45, 2.75) is 52.6 Å². The Morgan fingerprint density at radius 3 is 2.65 bits per heavy atom. The summed E-state index contributed by atoms with van der Waals surface area (Å²) in [6, 6.07) is 6.69. The highest BCUT2D eigenvalue weighted by molar-refractivity contribution is 5.47. The zero-order valence-corrected chi connectivity index (χ0v) is 12.9. The Kier molecular flexibility index (Phi) is 5.72. The van der Waals surface area contributed by atoms with Crippen molar-refractivity contribution in [3.8, 4) is 11.5 Å². The minimum Gasteiger partial charge on any atom is -0.490 e. The molecule has 20 heavy (non-hydrogen) atoms. The fourth-order valence-corrected chi connectivity index (χ4v) is 2.83. The van der Waals surface area contributed by atoms with Crippen LogP contribution < -0.4 is 14.8 Å². The third-order valence-corrected chi connectivity index (χ3v) is 4.22. The van der Waals surface area contributed by atoms with E-state index < -0.39 is 0 Å². The minimum absolute atomic E-state index is 0.521. The topological polar surface area (TPSA) is 30.5 Å². The van der Waals surface area contributed by atoms with Gasteiger partial charge in [0, 0.05) is 24.6 Å². The van der Waals surface area contributed by atoms with E-state index in [1.54, 1.807) is 0 Å². The van der Waals surface area contributed by atoms with Crippen molar-refractivity contribution in [1.29, 1.82) is 0 Å². The quantitative estimate of drug-likeness (QED) is 0.858. The SMILES string of the molecule is CCC(CC)C(C)NCc1cccc2c1OCCCO2. The van der Waals surface area contributed by atoms with Gasteiger partial charge in [0.1, 0.15) is 0 Å². The molecule has 1 heterocycles. The summed E-state index contributed by atoms with van der Waals surface area (Å²) in [5.74, 6) is 2.54. The zero-order chi connectivity index (χ0) is 14.4. The van der Waals surface area contributed by atoms with E-state index in [4.69, 9.17) is 9.47 Å². The van der Waals surface area contributed by atoms with E-state index >= 15 is 0 Å². The molecule has 0 aliphatic carbocycles. The van der Waals surface area contributed by atoms with Crippen LogP contribution in [0.5, 0.6) is 11.5 Å². The Morgan fingerprint density at radius 2 is 1.90 bits per heavy atom. The van der Waals surface area contributed by atoms with Crippen molar-refractivity contribution in [3.63, 3.8) is 0 Å². The van der Waals surface area contributed by atoms with Crippen molar-refractivity contribution in [1.82, 2.24) is 5.32 Å². The number of benzene rings is 1. The van der Waals surface area contributed by atoms with E-state index in [0.717, 1.165) is 43.6 Å². The van der Waals surface area contributed by atoms with Crippen LogP contribution in [-0.2, 0) is 6.54 Å². The van der Waals surface area contributed by atoms with Crippen molar-refractivity contribution in [2.75, 3.05) is 13.2 Å². The molecule has 0 spiro atoms. The number of para-hydroxylation sites is 1. The van der Waals surface area contributed by atoms with Gasteiger partial charge in [-0.05, 0) is 18.9 Å². The molecule has 1 aromatic carbocycles. The molecule has 3 nitrogen and oxygen atoms in total. The standard InChI is InChI=1S/C17H27NO2/c1-4-14(5-2)13(3)18-12-15-8-6-9-16-17(15)20-11-7-10-19-16/h6,8-9,13-14,18H,4-5,7,10-12H2,1-3H3. The molecule has 0 aromatic heterocycles. The Balaban J connectivity index is 2.03. The highest BCUT2D eigenvalue weighted by Gasteiger charge is 2.17. The minimum atomic E-state index is 0.521. The number of hydrogen-bond donors (Lipinski definition) is 1. The van der Waals surface area contributed by atoms with E-state index in [-0.39, 0.29) is 0 Å². The smallest absolute Gasteiger partial charge is 0.165 e. The summed E-state index contributed by atoms with van der Waals surface area (Å²) >= 11 is 0. The average Bonchev–Trinajstić information content (AvgIpc) is 2.72. The summed E-state index contributed by atoms with van der Waals surface area (Å²) in [5.41, 5.74) is 1.20. The molecule has 0 fully saturated rings. The van der Waals surface area contributed by atoms with Gasteiger partial charge in [-0.25, -0.2) is 0 Å². The third kappa shape index (κ3) is 3.66. The fraction of sp³-hybridized carbons (Fsp3) is 0.647. The van der Waals surface area contributed by atoms with Gasteiger partial charge in [0.25, 0.3) is 0 Å². The lowest BCUT2D eigenvalue weighted by Crippen LogP contribution is -2.32. The van der Waals surface area contributed by atoms with Crippen LogP contribution in [0.3, 0.4) is 0 Å². The molecule has 112 valence electrons. The molecule has 0 amide bonds. The molecule has 1 aromatic rings. The third-order valence-electron chi connectivity index (χ3n) is 4.22. The van der Waals surface area contributed by atoms with Crippen LogP contribution in [0.15, 0.2) is 18.2 Å². The molecule has 0 radical (unpaired) electrons. The van der Waals surface area contributed by atoms with Gasteiger partial charge in [-0.3, -0.25) is 0 Å². The Labute approximate surface area is 122 Å². The summed E-state index contributed by atoms with van der Waals surface area (Å²) < 4.78 is 11.6. The van der Waals surface area contributed by atoms with Crippen molar-refractivity contribution < 1.29 is 9.47 Å². The Morgan fingerprint density at radius 1 is 1.15 bits per heavy atom. The van der Waals surface area contributed by atoms with Crippen LogP contribution in [-0.4, -0.2) is 19.3 Å². The molecular formula is C17H27NO2. The summed E-state index contributed by atoms with van der Waals surface area (Å²) in [7, 11) is 0. The maximum absolute atomic E-state index is 5.86. The van der Waals surface area contributed by atoms with E-state index in [1.165, 1.54) is 18.4 Å². The predicted molar refractivity (Wildman–Crippen MR) is 82.4 cm³/mol. The van der Waals surface area contributed by atoms with Crippen LogP contribution >= 0.6 is 0 Å². The monoisotopic (exact) mass is 277 g/mol. The molecule has 0 saturated heterocycles. The maximum Gasteiger partial charge on any atom is 0.165 e.